The number of nitrogens with one attached hydrogen (secondary N) is 1. The van der Waals surface area contributed by atoms with E-state index in [9.17, 15) is 9.59 Å². The number of rotatable bonds is 7. The van der Waals surface area contributed by atoms with E-state index in [4.69, 9.17) is 16.3 Å². The molecule has 0 aliphatic heterocycles. The van der Waals surface area contributed by atoms with E-state index in [1.54, 1.807) is 35.6 Å². The molecule has 1 amide bonds. The second kappa shape index (κ2) is 8.82. The van der Waals surface area contributed by atoms with Crippen LogP contribution in [0, 0.1) is 0 Å². The molecule has 0 atom stereocenters. The van der Waals surface area contributed by atoms with Gasteiger partial charge in [0.1, 0.15) is 0 Å². The Morgan fingerprint density at radius 3 is 2.68 bits per heavy atom. The molecule has 4 nitrogen and oxygen atoms in total. The summed E-state index contributed by atoms with van der Waals surface area (Å²) in [6.07, 6.45) is 0. The number of benzene rings is 1. The normalized spacial score (nSPS) is 10.2. The minimum atomic E-state index is -0.396. The quantitative estimate of drug-likeness (QED) is 0.767. The zero-order chi connectivity index (χ0) is 15.8. The summed E-state index contributed by atoms with van der Waals surface area (Å²) in [5, 5.41) is 5.21. The predicted molar refractivity (Wildman–Crippen MR) is 91.5 cm³/mol. The molecule has 7 heteroatoms. The highest BCUT2D eigenvalue weighted by atomic mass is 35.5. The standard InChI is InChI=1S/C15H14ClNO3S2/c16-11-3-5-12(6-4-11)17-14(18)8-20-15(19)10-21-9-13-2-1-7-22-13/h1-7H,8-10H2,(H,17,18). The van der Waals surface area contributed by atoms with Gasteiger partial charge in [-0.3, -0.25) is 9.59 Å². The van der Waals surface area contributed by atoms with Gasteiger partial charge in [0, 0.05) is 21.3 Å². The lowest BCUT2D eigenvalue weighted by atomic mass is 10.3. The average molecular weight is 356 g/mol. The molecule has 1 aromatic carbocycles. The number of carbonyl (C=O) groups excluding carboxylic acids is 2. The molecule has 1 heterocycles. The summed E-state index contributed by atoms with van der Waals surface area (Å²) < 4.78 is 4.92. The number of halogens is 1. The third kappa shape index (κ3) is 6.09. The predicted octanol–water partition coefficient (Wildman–Crippen LogP) is 3.82. The molecule has 0 saturated heterocycles. The van der Waals surface area contributed by atoms with Crippen LogP contribution in [0.15, 0.2) is 41.8 Å². The Hall–Kier alpha value is -1.50. The maximum Gasteiger partial charge on any atom is 0.316 e. The van der Waals surface area contributed by atoms with Gasteiger partial charge in [0.15, 0.2) is 6.61 Å². The lowest BCUT2D eigenvalue weighted by Crippen LogP contribution is -2.21. The van der Waals surface area contributed by atoms with Crippen LogP contribution in [0.5, 0.6) is 0 Å². The number of thioether (sulfide) groups is 1. The molecule has 2 aromatic rings. The molecule has 1 aromatic heterocycles. The number of hydrogen-bond acceptors (Lipinski definition) is 5. The second-order valence-electron chi connectivity index (χ2n) is 4.29. The molecule has 22 heavy (non-hydrogen) atoms. The maximum atomic E-state index is 11.6. The topological polar surface area (TPSA) is 55.4 Å². The molecule has 0 aliphatic carbocycles. The van der Waals surface area contributed by atoms with Crippen LogP contribution in [0.25, 0.3) is 0 Å². The average Bonchev–Trinajstić information content (AvgIpc) is 3.01. The van der Waals surface area contributed by atoms with E-state index in [1.165, 1.54) is 16.6 Å². The van der Waals surface area contributed by atoms with E-state index < -0.39 is 5.97 Å². The summed E-state index contributed by atoms with van der Waals surface area (Å²) >= 11 is 8.87. The highest BCUT2D eigenvalue weighted by Gasteiger charge is 2.08. The lowest BCUT2D eigenvalue weighted by Gasteiger charge is -2.06. The van der Waals surface area contributed by atoms with Gasteiger partial charge in [0.25, 0.3) is 5.91 Å². The zero-order valence-corrected chi connectivity index (χ0v) is 14.0. The number of thiophene rings is 1. The second-order valence-corrected chi connectivity index (χ2v) is 6.74. The molecular formula is C15H14ClNO3S2. The number of esters is 1. The first-order valence-corrected chi connectivity index (χ1v) is 8.86. The van der Waals surface area contributed by atoms with Crippen molar-refractivity contribution >= 4 is 52.3 Å². The molecule has 116 valence electrons. The Bertz CT molecular complexity index is 614. The molecular weight excluding hydrogens is 342 g/mol. The van der Waals surface area contributed by atoms with E-state index in [0.717, 1.165) is 5.75 Å². The van der Waals surface area contributed by atoms with Crippen molar-refractivity contribution in [3.63, 3.8) is 0 Å². The molecule has 0 radical (unpaired) electrons. The highest BCUT2D eigenvalue weighted by molar-refractivity contribution is 7.99. The fourth-order valence-electron chi connectivity index (χ4n) is 1.55. The summed E-state index contributed by atoms with van der Waals surface area (Å²) in [6, 6.07) is 10.7. The van der Waals surface area contributed by atoms with Crippen molar-refractivity contribution < 1.29 is 14.3 Å². The van der Waals surface area contributed by atoms with Crippen molar-refractivity contribution in [1.82, 2.24) is 0 Å². The fourth-order valence-corrected chi connectivity index (χ4v) is 3.33. The SMILES string of the molecule is O=C(COC(=O)CSCc1cccs1)Nc1ccc(Cl)cc1. The van der Waals surface area contributed by atoms with Gasteiger partial charge in [-0.05, 0) is 35.7 Å². The first-order chi connectivity index (χ1) is 10.6. The molecule has 0 bridgehead atoms. The van der Waals surface area contributed by atoms with Gasteiger partial charge in [-0.2, -0.15) is 0 Å². The summed E-state index contributed by atoms with van der Waals surface area (Å²) in [5.41, 5.74) is 0.609. The van der Waals surface area contributed by atoms with Gasteiger partial charge < -0.3 is 10.1 Å². The van der Waals surface area contributed by atoms with Crippen LogP contribution in [0.3, 0.4) is 0 Å². The Morgan fingerprint density at radius 2 is 2.00 bits per heavy atom. The molecule has 0 fully saturated rings. The van der Waals surface area contributed by atoms with E-state index >= 15 is 0 Å². The lowest BCUT2D eigenvalue weighted by molar-refractivity contribution is -0.144. The third-order valence-electron chi connectivity index (χ3n) is 2.54. The van der Waals surface area contributed by atoms with E-state index in [1.807, 2.05) is 17.5 Å². The van der Waals surface area contributed by atoms with Crippen LogP contribution < -0.4 is 5.32 Å². The van der Waals surface area contributed by atoms with Gasteiger partial charge in [-0.25, -0.2) is 0 Å². The fraction of sp³-hybridized carbons (Fsp3) is 0.200. The van der Waals surface area contributed by atoms with Crippen molar-refractivity contribution in [3.05, 3.63) is 51.7 Å². The largest absolute Gasteiger partial charge is 0.455 e. The molecule has 0 spiro atoms. The van der Waals surface area contributed by atoms with Gasteiger partial charge in [0.05, 0.1) is 5.75 Å². The van der Waals surface area contributed by atoms with Crippen molar-refractivity contribution in [1.29, 1.82) is 0 Å². The Balaban J connectivity index is 1.63. The summed E-state index contributed by atoms with van der Waals surface area (Å²) in [6.45, 7) is -0.291. The first kappa shape index (κ1) is 16.9. The van der Waals surface area contributed by atoms with Crippen LogP contribution in [0.1, 0.15) is 4.88 Å². The molecule has 2 rings (SSSR count). The van der Waals surface area contributed by atoms with Gasteiger partial charge in [0.2, 0.25) is 0 Å². The first-order valence-electron chi connectivity index (χ1n) is 6.44. The minimum Gasteiger partial charge on any atom is -0.455 e. The number of hydrogen-bond donors (Lipinski definition) is 1. The summed E-state index contributed by atoms with van der Waals surface area (Å²) in [5.74, 6) is 0.224. The van der Waals surface area contributed by atoms with Crippen LogP contribution in [0.4, 0.5) is 5.69 Å². The number of ether oxygens (including phenoxy) is 1. The van der Waals surface area contributed by atoms with E-state index in [2.05, 4.69) is 5.32 Å². The minimum absolute atomic E-state index is 0.228. The summed E-state index contributed by atoms with van der Waals surface area (Å²) in [4.78, 5) is 24.4. The number of carbonyl (C=O) groups is 2. The monoisotopic (exact) mass is 355 g/mol. The van der Waals surface area contributed by atoms with E-state index in [0.29, 0.717) is 10.7 Å². The maximum absolute atomic E-state index is 11.6. The molecule has 0 saturated carbocycles. The smallest absolute Gasteiger partial charge is 0.316 e. The number of anilines is 1. The third-order valence-corrected chi connectivity index (χ3v) is 4.80. The Morgan fingerprint density at radius 1 is 1.23 bits per heavy atom. The van der Waals surface area contributed by atoms with Crippen LogP contribution in [-0.4, -0.2) is 24.2 Å². The Labute approximate surface area is 141 Å². The molecule has 1 N–H and O–H groups in total. The summed E-state index contributed by atoms with van der Waals surface area (Å²) in [7, 11) is 0. The van der Waals surface area contributed by atoms with Gasteiger partial charge in [-0.1, -0.05) is 17.7 Å². The van der Waals surface area contributed by atoms with Gasteiger partial charge >= 0.3 is 5.97 Å². The van der Waals surface area contributed by atoms with Crippen molar-refractivity contribution in [2.45, 2.75) is 5.75 Å². The van der Waals surface area contributed by atoms with Crippen LogP contribution >= 0.6 is 34.7 Å². The zero-order valence-electron chi connectivity index (χ0n) is 11.6. The van der Waals surface area contributed by atoms with Crippen LogP contribution in [0.2, 0.25) is 5.02 Å². The highest BCUT2D eigenvalue weighted by Crippen LogP contribution is 2.17. The number of amides is 1. The Kier molecular flexibility index (Phi) is 6.76. The van der Waals surface area contributed by atoms with Crippen molar-refractivity contribution in [2.75, 3.05) is 17.7 Å². The van der Waals surface area contributed by atoms with Crippen LogP contribution in [-0.2, 0) is 20.1 Å². The van der Waals surface area contributed by atoms with E-state index in [-0.39, 0.29) is 18.3 Å². The molecule has 0 unspecified atom stereocenters. The van der Waals surface area contributed by atoms with Crippen molar-refractivity contribution in [3.8, 4) is 0 Å². The molecule has 0 aliphatic rings. The van der Waals surface area contributed by atoms with Gasteiger partial charge in [-0.15, -0.1) is 23.1 Å². The van der Waals surface area contributed by atoms with Crippen molar-refractivity contribution in [2.24, 2.45) is 0 Å².